The molecule has 0 heterocycles. The number of benzene rings is 1. The lowest BCUT2D eigenvalue weighted by Gasteiger charge is -2.24. The van der Waals surface area contributed by atoms with Gasteiger partial charge in [0.25, 0.3) is 0 Å². The molecule has 132 valence electrons. The van der Waals surface area contributed by atoms with Crippen molar-refractivity contribution in [2.75, 3.05) is 20.1 Å². The van der Waals surface area contributed by atoms with Crippen LogP contribution in [0.15, 0.2) is 30.3 Å². The highest BCUT2D eigenvalue weighted by atomic mass is 16.2. The van der Waals surface area contributed by atoms with Crippen molar-refractivity contribution in [2.45, 2.75) is 51.1 Å². The van der Waals surface area contributed by atoms with Crippen LogP contribution >= 0.6 is 0 Å². The molecule has 1 saturated carbocycles. The minimum absolute atomic E-state index is 0.00429. The Morgan fingerprint density at radius 3 is 2.50 bits per heavy atom. The summed E-state index contributed by atoms with van der Waals surface area (Å²) in [4.78, 5) is 26.0. The number of hydrogen-bond donors (Lipinski definition) is 2. The van der Waals surface area contributed by atoms with Crippen molar-refractivity contribution in [1.29, 1.82) is 0 Å². The number of hydrogen-bond acceptors (Lipinski definition) is 3. The van der Waals surface area contributed by atoms with Crippen LogP contribution in [0.3, 0.4) is 0 Å². The average molecular weight is 331 g/mol. The van der Waals surface area contributed by atoms with Gasteiger partial charge >= 0.3 is 0 Å². The molecule has 1 aliphatic carbocycles. The van der Waals surface area contributed by atoms with E-state index in [1.54, 1.807) is 4.90 Å². The monoisotopic (exact) mass is 331 g/mol. The normalized spacial score (nSPS) is 16.5. The van der Waals surface area contributed by atoms with Crippen molar-refractivity contribution < 1.29 is 9.59 Å². The van der Waals surface area contributed by atoms with E-state index in [1.807, 2.05) is 32.2 Å². The molecule has 1 aromatic carbocycles. The molecule has 1 fully saturated rings. The minimum atomic E-state index is -0.330. The molecule has 1 aromatic rings. The van der Waals surface area contributed by atoms with Gasteiger partial charge in [0.05, 0.1) is 12.6 Å². The molecule has 0 aromatic heterocycles. The van der Waals surface area contributed by atoms with Crippen LogP contribution in [0.5, 0.6) is 0 Å². The second-order valence-corrected chi connectivity index (χ2v) is 6.69. The first-order chi connectivity index (χ1) is 11.5. The Labute approximate surface area is 144 Å². The first kappa shape index (κ1) is 18.5. The fourth-order valence-electron chi connectivity index (χ4n) is 2.66. The fourth-order valence-corrected chi connectivity index (χ4v) is 2.66. The summed E-state index contributed by atoms with van der Waals surface area (Å²) in [5.41, 5.74) is 1.24. The van der Waals surface area contributed by atoms with E-state index >= 15 is 0 Å². The Morgan fingerprint density at radius 1 is 1.25 bits per heavy atom. The van der Waals surface area contributed by atoms with E-state index < -0.39 is 0 Å². The lowest BCUT2D eigenvalue weighted by atomic mass is 9.96. The summed E-state index contributed by atoms with van der Waals surface area (Å²) in [6.07, 6.45) is 3.12. The van der Waals surface area contributed by atoms with Gasteiger partial charge < -0.3 is 10.6 Å². The molecule has 0 spiro atoms. The third kappa shape index (κ3) is 5.64. The molecule has 0 aliphatic heterocycles. The zero-order chi connectivity index (χ0) is 17.5. The molecule has 0 saturated heterocycles. The lowest BCUT2D eigenvalue weighted by molar-refractivity contribution is -0.127. The van der Waals surface area contributed by atoms with Gasteiger partial charge in [-0.25, -0.2) is 0 Å². The minimum Gasteiger partial charge on any atom is -0.354 e. The summed E-state index contributed by atoms with van der Waals surface area (Å²) in [5.74, 6) is 0.271. The van der Waals surface area contributed by atoms with Gasteiger partial charge in [0.2, 0.25) is 11.8 Å². The van der Waals surface area contributed by atoms with Crippen molar-refractivity contribution >= 4 is 11.8 Å². The smallest absolute Gasteiger partial charge is 0.237 e. The number of amides is 2. The molecule has 0 radical (unpaired) electrons. The third-order valence-corrected chi connectivity index (χ3v) is 4.66. The second-order valence-electron chi connectivity index (χ2n) is 6.69. The topological polar surface area (TPSA) is 61.4 Å². The number of nitrogens with zero attached hydrogens (tertiary/aromatic N) is 1. The van der Waals surface area contributed by atoms with E-state index in [0.29, 0.717) is 18.5 Å². The van der Waals surface area contributed by atoms with Crippen LogP contribution in [-0.4, -0.2) is 48.9 Å². The number of likely N-dealkylation sites (N-methyl/N-ethyl adjacent to an activating group) is 1. The van der Waals surface area contributed by atoms with Crippen LogP contribution < -0.4 is 10.6 Å². The fraction of sp³-hybridized carbons (Fsp3) is 0.579. The van der Waals surface area contributed by atoms with Crippen molar-refractivity contribution in [3.8, 4) is 0 Å². The van der Waals surface area contributed by atoms with Gasteiger partial charge in [-0.3, -0.25) is 14.5 Å². The summed E-state index contributed by atoms with van der Waals surface area (Å²) in [6.45, 7) is 4.83. The predicted molar refractivity (Wildman–Crippen MR) is 95.7 cm³/mol. The second kappa shape index (κ2) is 8.83. The van der Waals surface area contributed by atoms with Crippen LogP contribution in [0.4, 0.5) is 0 Å². The van der Waals surface area contributed by atoms with Crippen molar-refractivity contribution in [3.63, 3.8) is 0 Å². The number of nitrogens with one attached hydrogen (secondary N) is 2. The van der Waals surface area contributed by atoms with E-state index in [1.165, 1.54) is 5.56 Å². The highest BCUT2D eigenvalue weighted by Crippen LogP contribution is 2.19. The molecule has 2 N–H and O–H groups in total. The maximum atomic E-state index is 12.4. The Bertz CT molecular complexity index is 543. The van der Waals surface area contributed by atoms with E-state index in [2.05, 4.69) is 29.7 Å². The Kier molecular flexibility index (Phi) is 6.79. The summed E-state index contributed by atoms with van der Waals surface area (Å²) in [7, 11) is 1.81. The largest absolute Gasteiger partial charge is 0.354 e. The van der Waals surface area contributed by atoms with Crippen LogP contribution in [0.1, 0.15) is 44.6 Å². The number of carbonyl (C=O) groups excluding carboxylic acids is 2. The highest BCUT2D eigenvalue weighted by molar-refractivity contribution is 5.83. The van der Waals surface area contributed by atoms with Gasteiger partial charge in [-0.1, -0.05) is 37.3 Å². The molecular weight excluding hydrogens is 302 g/mol. The van der Waals surface area contributed by atoms with Crippen molar-refractivity contribution in [1.82, 2.24) is 15.5 Å². The van der Waals surface area contributed by atoms with Crippen LogP contribution in [0, 0.1) is 0 Å². The molecule has 2 amide bonds. The van der Waals surface area contributed by atoms with Crippen LogP contribution in [-0.2, 0) is 9.59 Å². The number of carbonyl (C=O) groups is 2. The predicted octanol–water partition coefficient (Wildman–Crippen LogP) is 1.90. The lowest BCUT2D eigenvalue weighted by Crippen LogP contribution is -2.47. The van der Waals surface area contributed by atoms with Crippen LogP contribution in [0.2, 0.25) is 0 Å². The molecule has 5 heteroatoms. The number of rotatable bonds is 9. The van der Waals surface area contributed by atoms with Crippen LogP contribution in [0.25, 0.3) is 0 Å². The summed E-state index contributed by atoms with van der Waals surface area (Å²) in [6, 6.07) is 10.3. The quantitative estimate of drug-likeness (QED) is 0.726. The molecule has 1 aliphatic rings. The highest BCUT2D eigenvalue weighted by Gasteiger charge is 2.25. The SMILES string of the molecule is CC[C@@H](CNC(=O)[C@@H](C)N(C)CC(=O)NC1CC1)c1ccccc1. The standard InChI is InChI=1S/C19H29N3O2/c1-4-15(16-8-6-5-7-9-16)12-20-19(24)14(2)22(3)13-18(23)21-17-10-11-17/h5-9,14-15,17H,4,10-13H2,1-3H3,(H,20,24)(H,21,23)/t14-,15+/m1/s1. The summed E-state index contributed by atoms with van der Waals surface area (Å²) < 4.78 is 0. The van der Waals surface area contributed by atoms with Crippen molar-refractivity contribution in [2.24, 2.45) is 0 Å². The molecule has 0 unspecified atom stereocenters. The zero-order valence-electron chi connectivity index (χ0n) is 14.9. The van der Waals surface area contributed by atoms with Gasteiger partial charge in [0.15, 0.2) is 0 Å². The first-order valence-electron chi connectivity index (χ1n) is 8.83. The molecular formula is C19H29N3O2. The van der Waals surface area contributed by atoms with E-state index in [4.69, 9.17) is 0 Å². The van der Waals surface area contributed by atoms with Gasteiger partial charge in [0, 0.05) is 18.5 Å². The van der Waals surface area contributed by atoms with E-state index in [0.717, 1.165) is 19.3 Å². The zero-order valence-corrected chi connectivity index (χ0v) is 14.9. The van der Waals surface area contributed by atoms with Gasteiger partial charge in [0.1, 0.15) is 0 Å². The average Bonchev–Trinajstić information content (AvgIpc) is 3.39. The third-order valence-electron chi connectivity index (χ3n) is 4.66. The van der Waals surface area contributed by atoms with Crippen molar-refractivity contribution in [3.05, 3.63) is 35.9 Å². The van der Waals surface area contributed by atoms with E-state index in [-0.39, 0.29) is 24.4 Å². The van der Waals surface area contributed by atoms with Gasteiger partial charge in [-0.15, -0.1) is 0 Å². The van der Waals surface area contributed by atoms with Gasteiger partial charge in [-0.2, -0.15) is 0 Å². The molecule has 5 nitrogen and oxygen atoms in total. The maximum absolute atomic E-state index is 12.4. The Balaban J connectivity index is 1.78. The summed E-state index contributed by atoms with van der Waals surface area (Å²) >= 11 is 0. The van der Waals surface area contributed by atoms with Gasteiger partial charge in [-0.05, 0) is 38.8 Å². The summed E-state index contributed by atoms with van der Waals surface area (Å²) in [5, 5.41) is 5.97. The molecule has 2 rings (SSSR count). The maximum Gasteiger partial charge on any atom is 0.237 e. The Morgan fingerprint density at radius 2 is 1.92 bits per heavy atom. The molecule has 2 atom stereocenters. The van der Waals surface area contributed by atoms with E-state index in [9.17, 15) is 9.59 Å². The Hall–Kier alpha value is -1.88. The molecule has 24 heavy (non-hydrogen) atoms. The first-order valence-corrected chi connectivity index (χ1v) is 8.83. The molecule has 0 bridgehead atoms.